The fourth-order valence-corrected chi connectivity index (χ4v) is 2.82. The Hall–Kier alpha value is -1.91. The maximum absolute atomic E-state index is 11.1. The predicted molar refractivity (Wildman–Crippen MR) is 78.4 cm³/mol. The highest BCUT2D eigenvalue weighted by atomic mass is 16.4. The Bertz CT molecular complexity index is 656. The van der Waals surface area contributed by atoms with Gasteiger partial charge in [0.15, 0.2) is 0 Å². The van der Waals surface area contributed by atoms with Crippen LogP contribution in [-0.4, -0.2) is 34.6 Å². The summed E-state index contributed by atoms with van der Waals surface area (Å²) in [6.45, 7) is 1.89. The Morgan fingerprint density at radius 3 is 2.70 bits per heavy atom. The third-order valence-corrected chi connectivity index (χ3v) is 4.03. The molecular weight excluding hydrogens is 252 g/mol. The number of benzene rings is 2. The van der Waals surface area contributed by atoms with Gasteiger partial charge in [0.05, 0.1) is 0 Å². The molecule has 2 aromatic carbocycles. The standard InChI is InChI=1S/C16H18N2O2/c17-16(15(19)20)7-8-18(11-16)10-12-5-6-13-3-1-2-4-14(13)9-12/h1-6,9H,7-8,10-11,17H2,(H,19,20). The SMILES string of the molecule is NC1(C(=O)O)CCN(Cc2ccc3ccccc3c2)C1. The molecular formula is C16H18N2O2. The molecule has 104 valence electrons. The Morgan fingerprint density at radius 2 is 2.00 bits per heavy atom. The van der Waals surface area contributed by atoms with Crippen LogP contribution in [0.1, 0.15) is 12.0 Å². The Kier molecular flexibility index (Phi) is 3.20. The van der Waals surface area contributed by atoms with Gasteiger partial charge in [0, 0.05) is 19.6 Å². The van der Waals surface area contributed by atoms with Crippen molar-refractivity contribution in [3.63, 3.8) is 0 Å². The average Bonchev–Trinajstić information content (AvgIpc) is 2.81. The number of hydrogen-bond acceptors (Lipinski definition) is 3. The van der Waals surface area contributed by atoms with E-state index in [1.54, 1.807) is 0 Å². The van der Waals surface area contributed by atoms with Gasteiger partial charge < -0.3 is 10.8 Å². The maximum Gasteiger partial charge on any atom is 0.325 e. The summed E-state index contributed by atoms with van der Waals surface area (Å²) in [4.78, 5) is 13.3. The number of aliphatic carboxylic acids is 1. The number of carboxylic acid groups (broad SMARTS) is 1. The van der Waals surface area contributed by atoms with Crippen LogP contribution in [0, 0.1) is 0 Å². The minimum absolute atomic E-state index is 0.412. The lowest BCUT2D eigenvalue weighted by Gasteiger charge is -2.20. The number of carbonyl (C=O) groups is 1. The van der Waals surface area contributed by atoms with Gasteiger partial charge in [-0.2, -0.15) is 0 Å². The van der Waals surface area contributed by atoms with Crippen LogP contribution in [-0.2, 0) is 11.3 Å². The van der Waals surface area contributed by atoms with E-state index in [4.69, 9.17) is 10.8 Å². The molecule has 0 amide bonds. The van der Waals surface area contributed by atoms with Crippen LogP contribution >= 0.6 is 0 Å². The summed E-state index contributed by atoms with van der Waals surface area (Å²) in [5.74, 6) is -0.904. The average molecular weight is 270 g/mol. The van der Waals surface area contributed by atoms with Crippen LogP contribution in [0.2, 0.25) is 0 Å². The van der Waals surface area contributed by atoms with Crippen LogP contribution in [0.15, 0.2) is 42.5 Å². The molecule has 4 heteroatoms. The lowest BCUT2D eigenvalue weighted by Crippen LogP contribution is -2.50. The highest BCUT2D eigenvalue weighted by molar-refractivity contribution is 5.83. The Labute approximate surface area is 117 Å². The summed E-state index contributed by atoms with van der Waals surface area (Å²) in [5.41, 5.74) is 6.00. The first-order valence-corrected chi connectivity index (χ1v) is 6.79. The Morgan fingerprint density at radius 1 is 1.25 bits per heavy atom. The smallest absolute Gasteiger partial charge is 0.325 e. The molecule has 1 heterocycles. The second kappa shape index (κ2) is 4.89. The van der Waals surface area contributed by atoms with E-state index in [2.05, 4.69) is 35.2 Å². The first-order chi connectivity index (χ1) is 9.57. The van der Waals surface area contributed by atoms with Crippen molar-refractivity contribution in [2.24, 2.45) is 5.73 Å². The number of nitrogens with two attached hydrogens (primary N) is 1. The van der Waals surface area contributed by atoms with Gasteiger partial charge in [-0.25, -0.2) is 0 Å². The van der Waals surface area contributed by atoms with E-state index in [0.29, 0.717) is 13.0 Å². The van der Waals surface area contributed by atoms with E-state index in [9.17, 15) is 4.79 Å². The second-order valence-corrected chi connectivity index (χ2v) is 5.60. The van der Waals surface area contributed by atoms with Crippen LogP contribution < -0.4 is 5.73 Å². The van der Waals surface area contributed by atoms with E-state index >= 15 is 0 Å². The molecule has 1 aliphatic heterocycles. The minimum Gasteiger partial charge on any atom is -0.480 e. The molecule has 0 aromatic heterocycles. The fourth-order valence-electron chi connectivity index (χ4n) is 2.82. The quantitative estimate of drug-likeness (QED) is 0.893. The largest absolute Gasteiger partial charge is 0.480 e. The molecule has 3 rings (SSSR count). The van der Waals surface area contributed by atoms with E-state index in [-0.39, 0.29) is 0 Å². The molecule has 0 aliphatic carbocycles. The summed E-state index contributed by atoms with van der Waals surface area (Å²) in [6, 6.07) is 14.6. The molecule has 1 fully saturated rings. The molecule has 1 saturated heterocycles. The topological polar surface area (TPSA) is 66.6 Å². The molecule has 0 saturated carbocycles. The third kappa shape index (κ3) is 2.40. The van der Waals surface area contributed by atoms with Crippen molar-refractivity contribution >= 4 is 16.7 Å². The fraction of sp³-hybridized carbons (Fsp3) is 0.312. The molecule has 0 spiro atoms. The molecule has 1 aliphatic rings. The van der Waals surface area contributed by atoms with Crippen molar-refractivity contribution in [3.05, 3.63) is 48.0 Å². The predicted octanol–water partition coefficient (Wildman–Crippen LogP) is 1.83. The number of hydrogen-bond donors (Lipinski definition) is 2. The zero-order valence-corrected chi connectivity index (χ0v) is 11.2. The number of nitrogens with zero attached hydrogens (tertiary/aromatic N) is 1. The van der Waals surface area contributed by atoms with Crippen LogP contribution in [0.5, 0.6) is 0 Å². The summed E-state index contributed by atoms with van der Waals surface area (Å²) in [5, 5.41) is 11.6. The summed E-state index contributed by atoms with van der Waals surface area (Å²) < 4.78 is 0. The zero-order valence-electron chi connectivity index (χ0n) is 11.2. The molecule has 20 heavy (non-hydrogen) atoms. The zero-order chi connectivity index (χ0) is 14.2. The van der Waals surface area contributed by atoms with Crippen LogP contribution in [0.4, 0.5) is 0 Å². The first-order valence-electron chi connectivity index (χ1n) is 6.79. The van der Waals surface area contributed by atoms with E-state index in [0.717, 1.165) is 13.1 Å². The van der Waals surface area contributed by atoms with Crippen molar-refractivity contribution in [2.45, 2.75) is 18.5 Å². The van der Waals surface area contributed by atoms with Crippen molar-refractivity contribution in [1.29, 1.82) is 0 Å². The maximum atomic E-state index is 11.1. The number of fused-ring (bicyclic) bond motifs is 1. The van der Waals surface area contributed by atoms with E-state index in [1.165, 1.54) is 16.3 Å². The second-order valence-electron chi connectivity index (χ2n) is 5.60. The first kappa shape index (κ1) is 13.1. The van der Waals surface area contributed by atoms with Gasteiger partial charge in [-0.05, 0) is 28.8 Å². The highest BCUT2D eigenvalue weighted by Crippen LogP contribution is 2.22. The third-order valence-electron chi connectivity index (χ3n) is 4.03. The van der Waals surface area contributed by atoms with Gasteiger partial charge in [-0.1, -0.05) is 36.4 Å². The lowest BCUT2D eigenvalue weighted by atomic mass is 10.0. The van der Waals surface area contributed by atoms with Crippen molar-refractivity contribution in [1.82, 2.24) is 4.90 Å². The van der Waals surface area contributed by atoms with Gasteiger partial charge in [-0.3, -0.25) is 9.69 Å². The minimum atomic E-state index is -1.09. The number of rotatable bonds is 3. The summed E-state index contributed by atoms with van der Waals surface area (Å²) in [7, 11) is 0. The van der Waals surface area contributed by atoms with Crippen molar-refractivity contribution in [2.75, 3.05) is 13.1 Å². The normalized spacial score (nSPS) is 23.2. The van der Waals surface area contributed by atoms with Gasteiger partial charge >= 0.3 is 5.97 Å². The monoisotopic (exact) mass is 270 g/mol. The Balaban J connectivity index is 1.76. The molecule has 0 radical (unpaired) electrons. The van der Waals surface area contributed by atoms with Crippen LogP contribution in [0.25, 0.3) is 10.8 Å². The molecule has 3 N–H and O–H groups in total. The number of likely N-dealkylation sites (tertiary alicyclic amines) is 1. The van der Waals surface area contributed by atoms with Gasteiger partial charge in [0.1, 0.15) is 5.54 Å². The number of carboxylic acids is 1. The summed E-state index contributed by atoms with van der Waals surface area (Å²) >= 11 is 0. The molecule has 1 atom stereocenters. The van der Waals surface area contributed by atoms with Gasteiger partial charge in [-0.15, -0.1) is 0 Å². The highest BCUT2D eigenvalue weighted by Gasteiger charge is 2.40. The van der Waals surface area contributed by atoms with Crippen molar-refractivity contribution < 1.29 is 9.90 Å². The molecule has 2 aromatic rings. The van der Waals surface area contributed by atoms with E-state index in [1.807, 2.05) is 12.1 Å². The van der Waals surface area contributed by atoms with E-state index < -0.39 is 11.5 Å². The summed E-state index contributed by atoms with van der Waals surface area (Å²) in [6.07, 6.45) is 0.510. The van der Waals surface area contributed by atoms with Crippen molar-refractivity contribution in [3.8, 4) is 0 Å². The lowest BCUT2D eigenvalue weighted by molar-refractivity contribution is -0.142. The molecule has 4 nitrogen and oxygen atoms in total. The molecule has 1 unspecified atom stereocenters. The van der Waals surface area contributed by atoms with Crippen LogP contribution in [0.3, 0.4) is 0 Å². The van der Waals surface area contributed by atoms with Gasteiger partial charge in [0.2, 0.25) is 0 Å². The molecule has 0 bridgehead atoms. The van der Waals surface area contributed by atoms with Gasteiger partial charge in [0.25, 0.3) is 0 Å².